The van der Waals surface area contributed by atoms with Crippen LogP contribution in [-0.2, 0) is 11.4 Å². The predicted octanol–water partition coefficient (Wildman–Crippen LogP) is 0.763. The Hall–Kier alpha value is -1.59. The third-order valence-electron chi connectivity index (χ3n) is 2.81. The lowest BCUT2D eigenvalue weighted by Crippen LogP contribution is -2.42. The van der Waals surface area contributed by atoms with Gasteiger partial charge in [0, 0.05) is 6.04 Å². The number of benzene rings is 1. The number of carboxylic acids is 1. The Kier molecular flexibility index (Phi) is 4.17. The summed E-state index contributed by atoms with van der Waals surface area (Å²) in [5.41, 5.74) is 0.745. The van der Waals surface area contributed by atoms with E-state index in [4.69, 9.17) is 14.9 Å². The highest BCUT2D eigenvalue weighted by Gasteiger charge is 2.28. The standard InChI is InChI=1S/C13H17NO4/c15-7-9-2-1-3-11(6-9)18-8-12(13(16)17)14-10-4-5-10/h1-3,6,10,12,14-15H,4-5,7-8H2,(H,16,17). The van der Waals surface area contributed by atoms with Gasteiger partial charge in [-0.2, -0.15) is 0 Å². The fraction of sp³-hybridized carbons (Fsp3) is 0.462. The largest absolute Gasteiger partial charge is 0.491 e. The van der Waals surface area contributed by atoms with Gasteiger partial charge in [-0.3, -0.25) is 10.1 Å². The van der Waals surface area contributed by atoms with E-state index in [1.54, 1.807) is 24.3 Å². The van der Waals surface area contributed by atoms with Crippen molar-refractivity contribution in [2.45, 2.75) is 31.5 Å². The Morgan fingerprint density at radius 1 is 1.50 bits per heavy atom. The van der Waals surface area contributed by atoms with Crippen LogP contribution in [0.25, 0.3) is 0 Å². The van der Waals surface area contributed by atoms with E-state index < -0.39 is 12.0 Å². The molecule has 1 aromatic carbocycles. The number of carboxylic acid groups (broad SMARTS) is 1. The number of hydrogen-bond donors (Lipinski definition) is 3. The van der Waals surface area contributed by atoms with Crippen molar-refractivity contribution in [1.82, 2.24) is 5.32 Å². The summed E-state index contributed by atoms with van der Waals surface area (Å²) < 4.78 is 5.45. The van der Waals surface area contributed by atoms with Gasteiger partial charge in [-0.05, 0) is 30.5 Å². The second kappa shape index (κ2) is 5.84. The summed E-state index contributed by atoms with van der Waals surface area (Å²) in [7, 11) is 0. The molecule has 1 fully saturated rings. The smallest absolute Gasteiger partial charge is 0.324 e. The van der Waals surface area contributed by atoms with Crippen molar-refractivity contribution < 1.29 is 19.7 Å². The molecular weight excluding hydrogens is 234 g/mol. The Labute approximate surface area is 105 Å². The number of aliphatic carboxylic acids is 1. The van der Waals surface area contributed by atoms with Crippen molar-refractivity contribution in [1.29, 1.82) is 0 Å². The molecule has 0 heterocycles. The van der Waals surface area contributed by atoms with Gasteiger partial charge in [0.2, 0.25) is 0 Å². The monoisotopic (exact) mass is 251 g/mol. The summed E-state index contributed by atoms with van der Waals surface area (Å²) in [5.74, 6) is -0.328. The van der Waals surface area contributed by atoms with Gasteiger partial charge in [-0.25, -0.2) is 0 Å². The summed E-state index contributed by atoms with van der Waals surface area (Å²) in [6.07, 6.45) is 2.06. The Balaban J connectivity index is 1.88. The molecule has 1 aromatic rings. The summed E-state index contributed by atoms with van der Waals surface area (Å²) >= 11 is 0. The number of carbonyl (C=O) groups is 1. The predicted molar refractivity (Wildman–Crippen MR) is 65.4 cm³/mol. The Bertz CT molecular complexity index is 417. The molecule has 2 rings (SSSR count). The van der Waals surface area contributed by atoms with Crippen LogP contribution in [0.2, 0.25) is 0 Å². The van der Waals surface area contributed by atoms with E-state index in [0.29, 0.717) is 11.8 Å². The summed E-state index contributed by atoms with van der Waals surface area (Å²) in [6, 6.07) is 6.63. The second-order valence-electron chi connectivity index (χ2n) is 4.45. The van der Waals surface area contributed by atoms with Crippen LogP contribution in [0, 0.1) is 0 Å². The van der Waals surface area contributed by atoms with Gasteiger partial charge in [0.1, 0.15) is 18.4 Å². The number of rotatable bonds is 7. The lowest BCUT2D eigenvalue weighted by atomic mass is 10.2. The van der Waals surface area contributed by atoms with Crippen LogP contribution in [-0.4, -0.2) is 34.9 Å². The molecule has 18 heavy (non-hydrogen) atoms. The molecule has 0 saturated heterocycles. The average molecular weight is 251 g/mol. The maximum Gasteiger partial charge on any atom is 0.324 e. The number of hydrogen-bond acceptors (Lipinski definition) is 4. The molecular formula is C13H17NO4. The average Bonchev–Trinajstić information content (AvgIpc) is 3.18. The zero-order valence-corrected chi connectivity index (χ0v) is 10.0. The minimum Gasteiger partial charge on any atom is -0.491 e. The van der Waals surface area contributed by atoms with Crippen LogP contribution in [0.15, 0.2) is 24.3 Å². The molecule has 0 radical (unpaired) electrons. The second-order valence-corrected chi connectivity index (χ2v) is 4.45. The number of aliphatic hydroxyl groups excluding tert-OH is 1. The summed E-state index contributed by atoms with van der Waals surface area (Å²) in [6.45, 7) is 0.0284. The lowest BCUT2D eigenvalue weighted by Gasteiger charge is -2.15. The molecule has 1 aliphatic carbocycles. The molecule has 0 amide bonds. The van der Waals surface area contributed by atoms with Crippen molar-refractivity contribution in [3.63, 3.8) is 0 Å². The van der Waals surface area contributed by atoms with Crippen molar-refractivity contribution in [3.8, 4) is 5.75 Å². The van der Waals surface area contributed by atoms with Crippen molar-refractivity contribution in [2.24, 2.45) is 0 Å². The fourth-order valence-corrected chi connectivity index (χ4v) is 1.64. The molecule has 1 aliphatic rings. The number of aliphatic hydroxyl groups is 1. The van der Waals surface area contributed by atoms with Gasteiger partial charge in [-0.15, -0.1) is 0 Å². The maximum atomic E-state index is 11.0. The zero-order chi connectivity index (χ0) is 13.0. The minimum absolute atomic E-state index is 0.0557. The van der Waals surface area contributed by atoms with E-state index in [2.05, 4.69) is 5.32 Å². The topological polar surface area (TPSA) is 78.8 Å². The fourth-order valence-electron chi connectivity index (χ4n) is 1.64. The quantitative estimate of drug-likeness (QED) is 0.667. The molecule has 1 atom stereocenters. The molecule has 1 unspecified atom stereocenters. The van der Waals surface area contributed by atoms with Crippen LogP contribution in [0.1, 0.15) is 18.4 Å². The molecule has 5 heteroatoms. The normalized spacial score (nSPS) is 16.3. The number of nitrogens with one attached hydrogen (secondary N) is 1. The zero-order valence-electron chi connectivity index (χ0n) is 10.0. The molecule has 0 bridgehead atoms. The highest BCUT2D eigenvalue weighted by molar-refractivity contribution is 5.73. The first-order valence-electron chi connectivity index (χ1n) is 6.00. The van der Waals surface area contributed by atoms with Crippen molar-refractivity contribution >= 4 is 5.97 Å². The van der Waals surface area contributed by atoms with Gasteiger partial charge in [0.15, 0.2) is 0 Å². The molecule has 0 aliphatic heterocycles. The highest BCUT2D eigenvalue weighted by Crippen LogP contribution is 2.20. The first-order valence-corrected chi connectivity index (χ1v) is 6.00. The Morgan fingerprint density at radius 3 is 2.89 bits per heavy atom. The van der Waals surface area contributed by atoms with Gasteiger partial charge in [-0.1, -0.05) is 12.1 Å². The first kappa shape index (κ1) is 12.9. The van der Waals surface area contributed by atoms with E-state index in [1.165, 1.54) is 0 Å². The van der Waals surface area contributed by atoms with Crippen molar-refractivity contribution in [2.75, 3.05) is 6.61 Å². The van der Waals surface area contributed by atoms with Gasteiger partial charge < -0.3 is 14.9 Å². The minimum atomic E-state index is -0.903. The molecule has 5 nitrogen and oxygen atoms in total. The van der Waals surface area contributed by atoms with E-state index >= 15 is 0 Å². The third kappa shape index (κ3) is 3.72. The van der Waals surface area contributed by atoms with Crippen LogP contribution in [0.5, 0.6) is 5.75 Å². The van der Waals surface area contributed by atoms with Crippen LogP contribution < -0.4 is 10.1 Å². The van der Waals surface area contributed by atoms with Crippen molar-refractivity contribution in [3.05, 3.63) is 29.8 Å². The summed E-state index contributed by atoms with van der Waals surface area (Å²) in [4.78, 5) is 11.0. The Morgan fingerprint density at radius 2 is 2.28 bits per heavy atom. The molecule has 0 aromatic heterocycles. The third-order valence-corrected chi connectivity index (χ3v) is 2.81. The van der Waals surface area contributed by atoms with E-state index in [1.807, 2.05) is 0 Å². The van der Waals surface area contributed by atoms with Crippen LogP contribution in [0.4, 0.5) is 0 Å². The van der Waals surface area contributed by atoms with E-state index in [9.17, 15) is 4.79 Å². The van der Waals surface area contributed by atoms with Gasteiger partial charge >= 0.3 is 5.97 Å². The molecule has 1 saturated carbocycles. The summed E-state index contributed by atoms with van der Waals surface area (Å²) in [5, 5.41) is 21.1. The maximum absolute atomic E-state index is 11.0. The lowest BCUT2D eigenvalue weighted by molar-refractivity contribution is -0.140. The molecule has 98 valence electrons. The van der Waals surface area contributed by atoms with Crippen LogP contribution in [0.3, 0.4) is 0 Å². The molecule has 3 N–H and O–H groups in total. The van der Waals surface area contributed by atoms with E-state index in [-0.39, 0.29) is 13.2 Å². The highest BCUT2D eigenvalue weighted by atomic mass is 16.5. The van der Waals surface area contributed by atoms with Gasteiger partial charge in [0.25, 0.3) is 0 Å². The van der Waals surface area contributed by atoms with Gasteiger partial charge in [0.05, 0.1) is 6.61 Å². The SMILES string of the molecule is O=C(O)C(COc1cccc(CO)c1)NC1CC1. The van der Waals surface area contributed by atoms with E-state index in [0.717, 1.165) is 18.4 Å². The number of ether oxygens (including phenoxy) is 1. The van der Waals surface area contributed by atoms with Crippen LogP contribution >= 0.6 is 0 Å². The first-order chi connectivity index (χ1) is 8.69. The molecule has 0 spiro atoms.